The third-order valence-electron chi connectivity index (χ3n) is 3.24. The van der Waals surface area contributed by atoms with Crippen LogP contribution in [0, 0.1) is 0 Å². The first-order valence-corrected chi connectivity index (χ1v) is 6.50. The van der Waals surface area contributed by atoms with Crippen LogP contribution in [0.2, 0.25) is 5.02 Å². The van der Waals surface area contributed by atoms with Gasteiger partial charge < -0.3 is 5.32 Å². The molecule has 1 N–H and O–H groups in total. The lowest BCUT2D eigenvalue weighted by molar-refractivity contribution is 0.174. The molecule has 0 aromatic heterocycles. The minimum absolute atomic E-state index is 0. The van der Waals surface area contributed by atoms with E-state index in [-0.39, 0.29) is 24.8 Å². The maximum Gasteiger partial charge on any atom is 0.0406 e. The van der Waals surface area contributed by atoms with Gasteiger partial charge in [0.1, 0.15) is 0 Å². The van der Waals surface area contributed by atoms with Crippen LogP contribution in [0.1, 0.15) is 18.0 Å². The lowest BCUT2D eigenvalue weighted by atomic mass is 10.0. The Labute approximate surface area is 133 Å². The fourth-order valence-electron chi connectivity index (χ4n) is 2.33. The lowest BCUT2D eigenvalue weighted by Gasteiger charge is -2.34. The molecule has 0 saturated carbocycles. The number of piperazine rings is 1. The zero-order chi connectivity index (χ0) is 12.1. The molecular formula is C14H21Cl3N2. The van der Waals surface area contributed by atoms with Crippen LogP contribution in [0.4, 0.5) is 0 Å². The Morgan fingerprint density at radius 2 is 1.79 bits per heavy atom. The summed E-state index contributed by atoms with van der Waals surface area (Å²) in [7, 11) is 0. The molecule has 0 bridgehead atoms. The maximum atomic E-state index is 5.94. The van der Waals surface area contributed by atoms with Gasteiger partial charge in [0.25, 0.3) is 0 Å². The molecule has 1 fully saturated rings. The molecule has 0 unspecified atom stereocenters. The van der Waals surface area contributed by atoms with Gasteiger partial charge in [0.15, 0.2) is 0 Å². The highest BCUT2D eigenvalue weighted by Gasteiger charge is 2.20. The normalized spacial score (nSPS) is 16.9. The van der Waals surface area contributed by atoms with Gasteiger partial charge in [-0.15, -0.1) is 31.4 Å². The monoisotopic (exact) mass is 322 g/mol. The van der Waals surface area contributed by atoms with Crippen molar-refractivity contribution < 1.29 is 0 Å². The predicted octanol–water partition coefficient (Wildman–Crippen LogP) is 3.71. The number of rotatable bonds is 4. The van der Waals surface area contributed by atoms with Gasteiger partial charge in [-0.25, -0.2) is 0 Å². The standard InChI is InChI=1S/C14H19ClN2.2ClH/c1-2-3-14(17-10-8-16-9-11-17)12-4-6-13(15)7-5-12;;/h2,4-7,14,16H,1,3,8-11H2;2*1H/t14-;;/m1../s1. The molecule has 2 nitrogen and oxygen atoms in total. The van der Waals surface area contributed by atoms with Crippen molar-refractivity contribution in [3.8, 4) is 0 Å². The molecule has 1 aromatic carbocycles. The molecule has 0 aliphatic carbocycles. The van der Waals surface area contributed by atoms with Gasteiger partial charge in [0, 0.05) is 37.2 Å². The average Bonchev–Trinajstić information content (AvgIpc) is 2.38. The number of hydrogen-bond acceptors (Lipinski definition) is 2. The van der Waals surface area contributed by atoms with Crippen LogP contribution < -0.4 is 5.32 Å². The zero-order valence-corrected chi connectivity index (χ0v) is 13.2. The topological polar surface area (TPSA) is 15.3 Å². The first-order valence-electron chi connectivity index (χ1n) is 6.12. The van der Waals surface area contributed by atoms with Crippen molar-refractivity contribution in [1.29, 1.82) is 0 Å². The van der Waals surface area contributed by atoms with Crippen molar-refractivity contribution in [2.24, 2.45) is 0 Å². The van der Waals surface area contributed by atoms with Gasteiger partial charge in [-0.1, -0.05) is 29.8 Å². The zero-order valence-electron chi connectivity index (χ0n) is 10.8. The van der Waals surface area contributed by atoms with Gasteiger partial charge in [-0.05, 0) is 24.1 Å². The van der Waals surface area contributed by atoms with Crippen molar-refractivity contribution in [1.82, 2.24) is 10.2 Å². The summed E-state index contributed by atoms with van der Waals surface area (Å²) >= 11 is 5.94. The van der Waals surface area contributed by atoms with Crippen molar-refractivity contribution in [2.45, 2.75) is 12.5 Å². The van der Waals surface area contributed by atoms with E-state index in [1.165, 1.54) is 5.56 Å². The molecule has 1 aliphatic heterocycles. The molecule has 0 spiro atoms. The van der Waals surface area contributed by atoms with Gasteiger partial charge >= 0.3 is 0 Å². The highest BCUT2D eigenvalue weighted by atomic mass is 35.5. The van der Waals surface area contributed by atoms with Gasteiger partial charge in [-0.2, -0.15) is 0 Å². The Hall–Kier alpha value is -0.250. The Bertz CT molecular complexity index is 361. The van der Waals surface area contributed by atoms with Crippen LogP contribution in [0.3, 0.4) is 0 Å². The van der Waals surface area contributed by atoms with Crippen molar-refractivity contribution in [3.63, 3.8) is 0 Å². The minimum atomic E-state index is 0. The highest BCUT2D eigenvalue weighted by Crippen LogP contribution is 2.26. The molecule has 1 aromatic rings. The van der Waals surface area contributed by atoms with Crippen LogP contribution >= 0.6 is 36.4 Å². The van der Waals surface area contributed by atoms with E-state index in [9.17, 15) is 0 Å². The molecule has 1 aliphatic rings. The molecule has 5 heteroatoms. The largest absolute Gasteiger partial charge is 0.314 e. The third kappa shape index (κ3) is 5.33. The van der Waals surface area contributed by atoms with Crippen LogP contribution in [0.25, 0.3) is 0 Å². The molecule has 1 saturated heterocycles. The summed E-state index contributed by atoms with van der Waals surface area (Å²) < 4.78 is 0. The van der Waals surface area contributed by atoms with E-state index >= 15 is 0 Å². The van der Waals surface area contributed by atoms with Crippen LogP contribution in [-0.4, -0.2) is 31.1 Å². The lowest BCUT2D eigenvalue weighted by Crippen LogP contribution is -2.45. The summed E-state index contributed by atoms with van der Waals surface area (Å²) in [4.78, 5) is 2.52. The molecular weight excluding hydrogens is 303 g/mol. The number of nitrogens with one attached hydrogen (secondary N) is 1. The summed E-state index contributed by atoms with van der Waals surface area (Å²) in [5.74, 6) is 0. The number of halogens is 3. The minimum Gasteiger partial charge on any atom is -0.314 e. The molecule has 1 atom stereocenters. The van der Waals surface area contributed by atoms with Crippen LogP contribution in [0.15, 0.2) is 36.9 Å². The number of hydrogen-bond donors (Lipinski definition) is 1. The number of benzene rings is 1. The summed E-state index contributed by atoms with van der Waals surface area (Å²) in [6.07, 6.45) is 2.99. The van der Waals surface area contributed by atoms with Gasteiger partial charge in [0.2, 0.25) is 0 Å². The van der Waals surface area contributed by atoms with E-state index in [0.717, 1.165) is 37.6 Å². The molecule has 2 rings (SSSR count). The van der Waals surface area contributed by atoms with Gasteiger partial charge in [0.05, 0.1) is 0 Å². The van der Waals surface area contributed by atoms with E-state index in [1.54, 1.807) is 0 Å². The van der Waals surface area contributed by atoms with E-state index in [0.29, 0.717) is 6.04 Å². The highest BCUT2D eigenvalue weighted by molar-refractivity contribution is 6.30. The third-order valence-corrected chi connectivity index (χ3v) is 3.49. The molecule has 108 valence electrons. The SMILES string of the molecule is C=CC[C@H](c1ccc(Cl)cc1)N1CCNCC1.Cl.Cl. The summed E-state index contributed by atoms with van der Waals surface area (Å²) in [5, 5.41) is 4.18. The maximum absolute atomic E-state index is 5.94. The van der Waals surface area contributed by atoms with Crippen molar-refractivity contribution >= 4 is 36.4 Å². The van der Waals surface area contributed by atoms with E-state index in [1.807, 2.05) is 18.2 Å². The Morgan fingerprint density at radius 3 is 2.32 bits per heavy atom. The summed E-state index contributed by atoms with van der Waals surface area (Å²) in [6.45, 7) is 8.21. The Kier molecular flexibility index (Phi) is 9.50. The van der Waals surface area contributed by atoms with E-state index < -0.39 is 0 Å². The first-order chi connectivity index (χ1) is 8.31. The molecule has 0 radical (unpaired) electrons. The fraction of sp³-hybridized carbons (Fsp3) is 0.429. The molecule has 0 amide bonds. The molecule has 19 heavy (non-hydrogen) atoms. The van der Waals surface area contributed by atoms with E-state index in [4.69, 9.17) is 11.6 Å². The first kappa shape index (κ1) is 18.8. The second-order valence-electron chi connectivity index (χ2n) is 4.38. The smallest absolute Gasteiger partial charge is 0.0406 e. The quantitative estimate of drug-likeness (QED) is 0.850. The molecule has 1 heterocycles. The van der Waals surface area contributed by atoms with Gasteiger partial charge in [-0.3, -0.25) is 4.90 Å². The van der Waals surface area contributed by atoms with Crippen molar-refractivity contribution in [2.75, 3.05) is 26.2 Å². The average molecular weight is 324 g/mol. The Balaban J connectivity index is 0.00000162. The second-order valence-corrected chi connectivity index (χ2v) is 4.81. The number of nitrogens with zero attached hydrogens (tertiary/aromatic N) is 1. The second kappa shape index (κ2) is 9.62. The van der Waals surface area contributed by atoms with Crippen LogP contribution in [-0.2, 0) is 0 Å². The predicted molar refractivity (Wildman–Crippen MR) is 87.9 cm³/mol. The van der Waals surface area contributed by atoms with Crippen LogP contribution in [0.5, 0.6) is 0 Å². The van der Waals surface area contributed by atoms with E-state index in [2.05, 4.69) is 28.9 Å². The summed E-state index contributed by atoms with van der Waals surface area (Å²) in [6, 6.07) is 8.62. The fourth-order valence-corrected chi connectivity index (χ4v) is 2.46. The Morgan fingerprint density at radius 1 is 1.21 bits per heavy atom. The summed E-state index contributed by atoms with van der Waals surface area (Å²) in [5.41, 5.74) is 1.33. The van der Waals surface area contributed by atoms with Crippen molar-refractivity contribution in [3.05, 3.63) is 47.5 Å².